The van der Waals surface area contributed by atoms with Crippen LogP contribution in [0.2, 0.25) is 0 Å². The summed E-state index contributed by atoms with van der Waals surface area (Å²) in [7, 11) is 3.47. The molecule has 4 fully saturated rings. The fourth-order valence-electron chi connectivity index (χ4n) is 7.01. The van der Waals surface area contributed by atoms with Gasteiger partial charge in [-0.3, -0.25) is 24.8 Å². The van der Waals surface area contributed by atoms with Gasteiger partial charge in [0.25, 0.3) is 0 Å². The first-order valence-corrected chi connectivity index (χ1v) is 15.8. The lowest BCUT2D eigenvalue weighted by atomic mass is 9.91. The summed E-state index contributed by atoms with van der Waals surface area (Å²) in [4.78, 5) is 20.5. The number of allylic oxidation sites excluding steroid dienone is 3. The van der Waals surface area contributed by atoms with E-state index in [0.29, 0.717) is 24.5 Å². The van der Waals surface area contributed by atoms with Gasteiger partial charge in [0.1, 0.15) is 0 Å². The topological polar surface area (TPSA) is 92.1 Å². The maximum absolute atomic E-state index is 10.5. The minimum absolute atomic E-state index is 0.570. The molecule has 7 rings (SSSR count). The Morgan fingerprint density at radius 2 is 2.09 bits per heavy atom. The predicted molar refractivity (Wildman–Crippen MR) is 175 cm³/mol. The van der Waals surface area contributed by atoms with Crippen molar-refractivity contribution >= 4 is 12.9 Å². The number of pyridine rings is 1. The highest BCUT2D eigenvalue weighted by Gasteiger charge is 2.41. The first-order valence-electron chi connectivity index (χ1n) is 15.8. The Hall–Kier alpha value is -3.57. The quantitative estimate of drug-likeness (QED) is 0.313. The summed E-state index contributed by atoms with van der Waals surface area (Å²) in [6, 6.07) is 5.29. The van der Waals surface area contributed by atoms with Gasteiger partial charge >= 0.3 is 0 Å². The Labute approximate surface area is 261 Å². The van der Waals surface area contributed by atoms with Gasteiger partial charge in [0, 0.05) is 113 Å². The number of likely N-dealkylation sites (tertiary alicyclic amines) is 1. The van der Waals surface area contributed by atoms with E-state index in [9.17, 15) is 5.11 Å². The number of hydrazine groups is 1. The molecule has 2 bridgehead atoms. The number of ether oxygens (including phenoxy) is 1. The largest absolute Gasteiger partial charge is 0.481 e. The fraction of sp³-hybridized carbons (Fsp3) is 0.500. The molecule has 10 nitrogen and oxygen atoms in total. The highest BCUT2D eigenvalue weighted by Crippen LogP contribution is 2.37. The smallest absolute Gasteiger partial charge is 0.212 e. The van der Waals surface area contributed by atoms with E-state index in [1.54, 1.807) is 7.11 Å². The first-order chi connectivity index (χ1) is 21.4. The van der Waals surface area contributed by atoms with E-state index in [0.717, 1.165) is 80.2 Å². The van der Waals surface area contributed by atoms with Crippen molar-refractivity contribution in [3.05, 3.63) is 82.6 Å². The number of hydrogen-bond donors (Lipinski definition) is 2. The van der Waals surface area contributed by atoms with Crippen molar-refractivity contribution in [1.82, 2.24) is 30.1 Å². The molecule has 0 aliphatic carbocycles. The monoisotopic (exact) mass is 598 g/mol. The molecule has 6 aliphatic heterocycles. The standard InChI is InChI=1S/C34H46N8O2/c1-34(43)10-14-40(15-11-34)29-17-31(33-27(20-36-3)21-38-42(33)24-29)26(19-35-2)6-5-12-39-13-9-28-16-30(23-39)41(28)22-25-7-8-32(44-4)37-18-25/h5-8,17-20,24,28,30,38,43H,2,9-16,21-23H2,1,3-4H3/b6-5-,26-19+,36-20-. The zero-order valence-electron chi connectivity index (χ0n) is 26.3. The van der Waals surface area contributed by atoms with E-state index in [1.165, 1.54) is 18.4 Å². The number of hydrogen-bond acceptors (Lipinski definition) is 10. The molecule has 1 aromatic rings. The Morgan fingerprint density at radius 1 is 1.25 bits per heavy atom. The maximum atomic E-state index is 10.5. The summed E-state index contributed by atoms with van der Waals surface area (Å²) in [6.45, 7) is 12.1. The number of aromatic nitrogens is 1. The number of aliphatic hydroxyl groups is 1. The van der Waals surface area contributed by atoms with Gasteiger partial charge in [0.15, 0.2) is 0 Å². The van der Waals surface area contributed by atoms with Crippen LogP contribution in [-0.2, 0) is 6.54 Å². The SMILES string of the molecule is C=N/C=C(\C=C/CN1CCC2CC(C1)N2Cc1ccc(OC)nc1)C1=CC(N2CCC(C)(O)CC2)=CN2NCC(/C=N\C)=C12. The zero-order chi connectivity index (χ0) is 30.7. The molecule has 234 valence electrons. The summed E-state index contributed by atoms with van der Waals surface area (Å²) in [5.74, 6) is 0.660. The highest BCUT2D eigenvalue weighted by atomic mass is 16.5. The van der Waals surface area contributed by atoms with Gasteiger partial charge in [-0.05, 0) is 51.0 Å². The normalized spacial score (nSPS) is 26.0. The average molecular weight is 599 g/mol. The molecule has 7 heterocycles. The van der Waals surface area contributed by atoms with Crippen LogP contribution >= 0.6 is 0 Å². The van der Waals surface area contributed by atoms with Crippen LogP contribution in [-0.4, -0.2) is 114 Å². The Kier molecular flexibility index (Phi) is 9.13. The van der Waals surface area contributed by atoms with E-state index in [2.05, 4.69) is 77.3 Å². The molecule has 4 saturated heterocycles. The van der Waals surface area contributed by atoms with E-state index in [1.807, 2.05) is 38.6 Å². The number of rotatable bonds is 10. The van der Waals surface area contributed by atoms with Crippen molar-refractivity contribution in [2.75, 3.05) is 53.4 Å². The number of methoxy groups -OCH3 is 1. The minimum Gasteiger partial charge on any atom is -0.481 e. The summed E-state index contributed by atoms with van der Waals surface area (Å²) in [5, 5.41) is 12.6. The minimum atomic E-state index is -0.599. The molecule has 2 atom stereocenters. The third-order valence-corrected chi connectivity index (χ3v) is 9.59. The van der Waals surface area contributed by atoms with Crippen molar-refractivity contribution in [3.63, 3.8) is 0 Å². The fourth-order valence-corrected chi connectivity index (χ4v) is 7.01. The van der Waals surface area contributed by atoms with E-state index >= 15 is 0 Å². The predicted octanol–water partition coefficient (Wildman–Crippen LogP) is 3.28. The summed E-state index contributed by atoms with van der Waals surface area (Å²) < 4.78 is 5.23. The van der Waals surface area contributed by atoms with Crippen molar-refractivity contribution in [1.29, 1.82) is 0 Å². The molecule has 2 N–H and O–H groups in total. The maximum Gasteiger partial charge on any atom is 0.212 e. The van der Waals surface area contributed by atoms with Gasteiger partial charge in [0.05, 0.1) is 24.1 Å². The van der Waals surface area contributed by atoms with Crippen molar-refractivity contribution in [3.8, 4) is 5.88 Å². The van der Waals surface area contributed by atoms with Gasteiger partial charge in [-0.2, -0.15) is 0 Å². The van der Waals surface area contributed by atoms with Gasteiger partial charge < -0.3 is 14.7 Å². The Bertz CT molecular complexity index is 1400. The Balaban J connectivity index is 1.16. The number of fused-ring (bicyclic) bond motifs is 4. The lowest BCUT2D eigenvalue weighted by Gasteiger charge is -2.47. The van der Waals surface area contributed by atoms with Crippen molar-refractivity contribution in [2.24, 2.45) is 9.98 Å². The third kappa shape index (κ3) is 6.58. The second-order valence-electron chi connectivity index (χ2n) is 12.7. The van der Waals surface area contributed by atoms with Crippen LogP contribution in [0.4, 0.5) is 0 Å². The van der Waals surface area contributed by atoms with Crippen LogP contribution in [0.5, 0.6) is 5.88 Å². The van der Waals surface area contributed by atoms with Crippen LogP contribution in [0.3, 0.4) is 0 Å². The number of aliphatic imine (C=N–C) groups is 2. The lowest BCUT2D eigenvalue weighted by molar-refractivity contribution is 0.00322. The molecule has 10 heteroatoms. The molecular weight excluding hydrogens is 552 g/mol. The Morgan fingerprint density at radius 3 is 2.82 bits per heavy atom. The van der Waals surface area contributed by atoms with Crippen molar-refractivity contribution < 1.29 is 9.84 Å². The molecule has 0 spiro atoms. The molecule has 1 aromatic heterocycles. The average Bonchev–Trinajstić information content (AvgIpc) is 3.19. The summed E-state index contributed by atoms with van der Waals surface area (Å²) in [6.07, 6.45) is 18.6. The zero-order valence-corrected chi connectivity index (χ0v) is 26.3. The summed E-state index contributed by atoms with van der Waals surface area (Å²) in [5.41, 5.74) is 9.64. The number of nitrogens with one attached hydrogen (secondary N) is 1. The molecule has 0 saturated carbocycles. The molecule has 0 aromatic carbocycles. The van der Waals surface area contributed by atoms with Crippen LogP contribution < -0.4 is 10.2 Å². The molecule has 6 aliphatic rings. The van der Waals surface area contributed by atoms with Crippen molar-refractivity contribution in [2.45, 2.75) is 56.8 Å². The van der Waals surface area contributed by atoms with Crippen LogP contribution in [0, 0.1) is 0 Å². The second kappa shape index (κ2) is 13.2. The van der Waals surface area contributed by atoms with E-state index in [-0.39, 0.29) is 0 Å². The van der Waals surface area contributed by atoms with Gasteiger partial charge in [0.2, 0.25) is 5.88 Å². The lowest BCUT2D eigenvalue weighted by Crippen LogP contribution is -2.56. The van der Waals surface area contributed by atoms with Gasteiger partial charge in [-0.25, -0.2) is 10.4 Å². The highest BCUT2D eigenvalue weighted by molar-refractivity contribution is 5.83. The molecular formula is C34H46N8O2. The third-order valence-electron chi connectivity index (χ3n) is 9.59. The van der Waals surface area contributed by atoms with E-state index < -0.39 is 5.60 Å². The molecule has 44 heavy (non-hydrogen) atoms. The first kappa shape index (κ1) is 30.5. The van der Waals surface area contributed by atoms with Crippen LogP contribution in [0.15, 0.2) is 87.1 Å². The van der Waals surface area contributed by atoms with Gasteiger partial charge in [-0.1, -0.05) is 18.2 Å². The second-order valence-corrected chi connectivity index (χ2v) is 12.7. The number of piperidine rings is 1. The van der Waals surface area contributed by atoms with E-state index in [4.69, 9.17) is 4.74 Å². The van der Waals surface area contributed by atoms with Crippen LogP contribution in [0.25, 0.3) is 0 Å². The van der Waals surface area contributed by atoms with Gasteiger partial charge in [-0.15, -0.1) is 0 Å². The number of nitrogens with zero attached hydrogens (tertiary/aromatic N) is 7. The van der Waals surface area contributed by atoms with Crippen LogP contribution in [0.1, 0.15) is 38.2 Å². The molecule has 0 amide bonds. The summed E-state index contributed by atoms with van der Waals surface area (Å²) >= 11 is 0. The molecule has 2 unspecified atom stereocenters. The molecule has 0 radical (unpaired) electrons.